The molecule has 0 aromatic heterocycles. The second-order valence-corrected chi connectivity index (χ2v) is 3.17. The SMILES string of the molecule is C=CC(O)CCCCC.O=C(O)CCO. The zero-order chi connectivity index (χ0) is 12.1. The van der Waals surface area contributed by atoms with Crippen LogP contribution in [0.4, 0.5) is 0 Å². The molecule has 0 rings (SSSR count). The molecule has 0 aromatic rings. The largest absolute Gasteiger partial charge is 0.481 e. The molecule has 15 heavy (non-hydrogen) atoms. The first kappa shape index (κ1) is 16.6. The van der Waals surface area contributed by atoms with Gasteiger partial charge in [0.15, 0.2) is 0 Å². The van der Waals surface area contributed by atoms with Crippen LogP contribution in [0.1, 0.15) is 39.0 Å². The highest BCUT2D eigenvalue weighted by Crippen LogP contribution is 2.02. The van der Waals surface area contributed by atoms with Crippen molar-refractivity contribution in [3.05, 3.63) is 12.7 Å². The fraction of sp³-hybridized carbons (Fsp3) is 0.727. The molecule has 4 nitrogen and oxygen atoms in total. The van der Waals surface area contributed by atoms with E-state index in [1.165, 1.54) is 12.8 Å². The van der Waals surface area contributed by atoms with Crippen molar-refractivity contribution in [1.29, 1.82) is 0 Å². The quantitative estimate of drug-likeness (QED) is 0.447. The maximum atomic E-state index is 9.44. The monoisotopic (exact) mass is 218 g/mol. The molecular weight excluding hydrogens is 196 g/mol. The number of aliphatic carboxylic acids is 1. The molecule has 0 aromatic carbocycles. The lowest BCUT2D eigenvalue weighted by Gasteiger charge is -2.01. The number of carboxylic acid groups (broad SMARTS) is 1. The van der Waals surface area contributed by atoms with Crippen LogP contribution in [-0.2, 0) is 4.79 Å². The molecule has 0 saturated heterocycles. The van der Waals surface area contributed by atoms with Crippen LogP contribution in [0.5, 0.6) is 0 Å². The summed E-state index contributed by atoms with van der Waals surface area (Å²) in [5.74, 6) is -0.961. The van der Waals surface area contributed by atoms with Gasteiger partial charge in [-0.1, -0.05) is 32.3 Å². The van der Waals surface area contributed by atoms with E-state index < -0.39 is 5.97 Å². The third kappa shape index (κ3) is 19.5. The van der Waals surface area contributed by atoms with Crippen LogP contribution in [0.3, 0.4) is 0 Å². The summed E-state index contributed by atoms with van der Waals surface area (Å²) in [7, 11) is 0. The zero-order valence-electron chi connectivity index (χ0n) is 9.35. The summed E-state index contributed by atoms with van der Waals surface area (Å²) in [5.41, 5.74) is 0. The predicted octanol–water partition coefficient (Wildman–Crippen LogP) is 1.57. The van der Waals surface area contributed by atoms with Crippen LogP contribution in [0, 0.1) is 0 Å². The van der Waals surface area contributed by atoms with Crippen molar-refractivity contribution >= 4 is 5.97 Å². The van der Waals surface area contributed by atoms with E-state index in [1.54, 1.807) is 6.08 Å². The van der Waals surface area contributed by atoms with Gasteiger partial charge in [-0.3, -0.25) is 4.79 Å². The summed E-state index contributed by atoms with van der Waals surface area (Å²) in [5, 5.41) is 24.6. The molecule has 0 heterocycles. The van der Waals surface area contributed by atoms with E-state index in [-0.39, 0.29) is 19.1 Å². The maximum Gasteiger partial charge on any atom is 0.305 e. The Morgan fingerprint density at radius 2 is 2.07 bits per heavy atom. The molecule has 0 bridgehead atoms. The predicted molar refractivity (Wildman–Crippen MR) is 59.7 cm³/mol. The lowest BCUT2D eigenvalue weighted by atomic mass is 10.1. The van der Waals surface area contributed by atoms with Crippen LogP contribution in [0.15, 0.2) is 12.7 Å². The number of carboxylic acids is 1. The minimum atomic E-state index is -0.961. The van der Waals surface area contributed by atoms with Gasteiger partial charge in [-0.2, -0.15) is 0 Å². The first-order valence-corrected chi connectivity index (χ1v) is 5.21. The second-order valence-electron chi connectivity index (χ2n) is 3.17. The number of rotatable bonds is 7. The van der Waals surface area contributed by atoms with Gasteiger partial charge in [0.1, 0.15) is 0 Å². The summed E-state index contributed by atoms with van der Waals surface area (Å²) >= 11 is 0. The number of hydrogen-bond donors (Lipinski definition) is 3. The Kier molecular flexibility index (Phi) is 14.5. The summed E-state index contributed by atoms with van der Waals surface area (Å²) in [6.45, 7) is 5.37. The number of aliphatic hydroxyl groups is 2. The second kappa shape index (κ2) is 13.1. The molecule has 0 aliphatic heterocycles. The van der Waals surface area contributed by atoms with Crippen LogP contribution < -0.4 is 0 Å². The van der Waals surface area contributed by atoms with Crippen molar-refractivity contribution in [3.8, 4) is 0 Å². The normalized spacial score (nSPS) is 11.1. The third-order valence-corrected chi connectivity index (χ3v) is 1.70. The Morgan fingerprint density at radius 3 is 2.33 bits per heavy atom. The molecule has 0 saturated carbocycles. The molecule has 0 aliphatic carbocycles. The Hall–Kier alpha value is -0.870. The van der Waals surface area contributed by atoms with Crippen molar-refractivity contribution in [2.45, 2.75) is 45.1 Å². The molecule has 0 aliphatic rings. The number of unbranched alkanes of at least 4 members (excludes halogenated alkanes) is 2. The van der Waals surface area contributed by atoms with Gasteiger partial charge in [-0.25, -0.2) is 0 Å². The first-order valence-electron chi connectivity index (χ1n) is 5.21. The van der Waals surface area contributed by atoms with Gasteiger partial charge in [-0.15, -0.1) is 6.58 Å². The minimum absolute atomic E-state index is 0.153. The average Bonchev–Trinajstić information content (AvgIpc) is 2.18. The van der Waals surface area contributed by atoms with Gasteiger partial charge >= 0.3 is 5.97 Å². The Morgan fingerprint density at radius 1 is 1.47 bits per heavy atom. The minimum Gasteiger partial charge on any atom is -0.481 e. The number of carbonyl (C=O) groups is 1. The van der Waals surface area contributed by atoms with Crippen LogP contribution in [-0.4, -0.2) is 34.0 Å². The molecule has 1 unspecified atom stereocenters. The van der Waals surface area contributed by atoms with Crippen molar-refractivity contribution in [3.63, 3.8) is 0 Å². The Balaban J connectivity index is 0. The van der Waals surface area contributed by atoms with E-state index in [2.05, 4.69) is 13.5 Å². The molecule has 0 radical (unpaired) electrons. The number of aliphatic hydroxyl groups excluding tert-OH is 2. The van der Waals surface area contributed by atoms with Gasteiger partial charge in [0.05, 0.1) is 19.1 Å². The van der Waals surface area contributed by atoms with Gasteiger partial charge in [0, 0.05) is 0 Å². The van der Waals surface area contributed by atoms with Crippen molar-refractivity contribution in [1.82, 2.24) is 0 Å². The van der Waals surface area contributed by atoms with E-state index in [9.17, 15) is 4.79 Å². The average molecular weight is 218 g/mol. The van der Waals surface area contributed by atoms with Crippen LogP contribution in [0.2, 0.25) is 0 Å². The first-order chi connectivity index (χ1) is 7.08. The smallest absolute Gasteiger partial charge is 0.305 e. The molecule has 3 N–H and O–H groups in total. The third-order valence-electron chi connectivity index (χ3n) is 1.70. The molecular formula is C11H22O4. The summed E-state index contributed by atoms with van der Waals surface area (Å²) in [4.78, 5) is 9.44. The van der Waals surface area contributed by atoms with E-state index in [1.807, 2.05) is 0 Å². The lowest BCUT2D eigenvalue weighted by molar-refractivity contribution is -0.137. The topological polar surface area (TPSA) is 77.8 Å². The summed E-state index contributed by atoms with van der Waals surface area (Å²) < 4.78 is 0. The highest BCUT2D eigenvalue weighted by atomic mass is 16.4. The summed E-state index contributed by atoms with van der Waals surface area (Å²) in [6, 6.07) is 0. The molecule has 0 amide bonds. The molecule has 0 spiro atoms. The van der Waals surface area contributed by atoms with Crippen LogP contribution in [0.25, 0.3) is 0 Å². The van der Waals surface area contributed by atoms with E-state index in [0.29, 0.717) is 0 Å². The van der Waals surface area contributed by atoms with E-state index >= 15 is 0 Å². The van der Waals surface area contributed by atoms with Crippen molar-refractivity contribution < 1.29 is 20.1 Å². The standard InChI is InChI=1S/C8H16O.C3H6O3/c1-3-5-6-7-8(9)4-2;4-2-1-3(5)6/h4,8-9H,2-3,5-7H2,1H3;4H,1-2H2,(H,5,6). The molecule has 0 fully saturated rings. The zero-order valence-corrected chi connectivity index (χ0v) is 9.35. The summed E-state index contributed by atoms with van der Waals surface area (Å²) in [6.07, 6.45) is 5.57. The molecule has 90 valence electrons. The van der Waals surface area contributed by atoms with Gasteiger partial charge in [0.25, 0.3) is 0 Å². The fourth-order valence-corrected chi connectivity index (χ4v) is 0.817. The highest BCUT2D eigenvalue weighted by Gasteiger charge is 1.94. The lowest BCUT2D eigenvalue weighted by Crippen LogP contribution is -1.99. The van der Waals surface area contributed by atoms with Crippen molar-refractivity contribution in [2.75, 3.05) is 6.61 Å². The number of hydrogen-bond acceptors (Lipinski definition) is 3. The van der Waals surface area contributed by atoms with E-state index in [4.69, 9.17) is 15.3 Å². The van der Waals surface area contributed by atoms with Gasteiger partial charge < -0.3 is 15.3 Å². The molecule has 4 heteroatoms. The van der Waals surface area contributed by atoms with Gasteiger partial charge in [0.2, 0.25) is 0 Å². The van der Waals surface area contributed by atoms with Crippen LogP contribution >= 0.6 is 0 Å². The highest BCUT2D eigenvalue weighted by molar-refractivity contribution is 5.66. The maximum absolute atomic E-state index is 9.44. The van der Waals surface area contributed by atoms with E-state index in [0.717, 1.165) is 12.8 Å². The van der Waals surface area contributed by atoms with Crippen molar-refractivity contribution in [2.24, 2.45) is 0 Å². The Labute approximate surface area is 91.2 Å². The Bertz CT molecular complexity index is 157. The fourth-order valence-electron chi connectivity index (χ4n) is 0.817. The molecule has 1 atom stereocenters. The van der Waals surface area contributed by atoms with Gasteiger partial charge in [-0.05, 0) is 6.42 Å².